The molecule has 2 atom stereocenters. The number of fused-ring (bicyclic) bond motifs is 1. The first kappa shape index (κ1) is 14.3. The van der Waals surface area contributed by atoms with E-state index in [1.807, 2.05) is 24.3 Å². The molecule has 2 aliphatic heterocycles. The molecule has 0 aliphatic carbocycles. The molecule has 0 saturated carbocycles. The molecule has 2 fully saturated rings. The highest BCUT2D eigenvalue weighted by atomic mass is 127. The van der Waals surface area contributed by atoms with Crippen LogP contribution >= 0.6 is 22.6 Å². The zero-order chi connectivity index (χ0) is 14.1. The van der Waals surface area contributed by atoms with E-state index < -0.39 is 0 Å². The van der Waals surface area contributed by atoms with Crippen molar-refractivity contribution in [1.82, 2.24) is 9.80 Å². The number of nitrogens with zero attached hydrogens (tertiary/aromatic N) is 2. The highest BCUT2D eigenvalue weighted by Gasteiger charge is 2.35. The van der Waals surface area contributed by atoms with Gasteiger partial charge in [-0.25, -0.2) is 0 Å². The number of carbonyl (C=O) groups is 1. The van der Waals surface area contributed by atoms with Crippen LogP contribution in [0.4, 0.5) is 0 Å². The van der Waals surface area contributed by atoms with Crippen LogP contribution in [0.1, 0.15) is 36.5 Å². The molecule has 0 spiro atoms. The molecule has 0 bridgehead atoms. The van der Waals surface area contributed by atoms with E-state index >= 15 is 0 Å². The van der Waals surface area contributed by atoms with Crippen LogP contribution in [0.5, 0.6) is 0 Å². The van der Waals surface area contributed by atoms with Crippen molar-refractivity contribution in [2.75, 3.05) is 19.6 Å². The molecule has 108 valence electrons. The maximum atomic E-state index is 12.7. The minimum Gasteiger partial charge on any atom is -0.333 e. The number of hydrogen-bond acceptors (Lipinski definition) is 2. The van der Waals surface area contributed by atoms with E-state index in [9.17, 15) is 4.79 Å². The van der Waals surface area contributed by atoms with Crippen LogP contribution in [0.25, 0.3) is 0 Å². The van der Waals surface area contributed by atoms with E-state index in [0.717, 1.165) is 22.2 Å². The van der Waals surface area contributed by atoms with E-state index in [1.165, 1.54) is 25.8 Å². The lowest BCUT2D eigenvalue weighted by atomic mass is 9.96. The summed E-state index contributed by atoms with van der Waals surface area (Å²) >= 11 is 2.27. The van der Waals surface area contributed by atoms with Gasteiger partial charge >= 0.3 is 0 Å². The minimum atomic E-state index is 0.196. The number of hydrogen-bond donors (Lipinski definition) is 0. The molecule has 1 aromatic carbocycles. The molecule has 3 rings (SSSR count). The largest absolute Gasteiger partial charge is 0.333 e. The van der Waals surface area contributed by atoms with Crippen molar-refractivity contribution >= 4 is 28.5 Å². The fraction of sp³-hybridized carbons (Fsp3) is 0.562. The average molecular weight is 384 g/mol. The number of halogens is 1. The Balaban J connectivity index is 1.77. The quantitative estimate of drug-likeness (QED) is 0.696. The molecule has 1 amide bonds. The minimum absolute atomic E-state index is 0.196. The maximum absolute atomic E-state index is 12.7. The summed E-state index contributed by atoms with van der Waals surface area (Å²) in [5.74, 6) is 0.196. The van der Waals surface area contributed by atoms with Gasteiger partial charge in [0.1, 0.15) is 0 Å². The van der Waals surface area contributed by atoms with E-state index in [4.69, 9.17) is 0 Å². The molecule has 1 aromatic rings. The number of piperidine rings is 1. The summed E-state index contributed by atoms with van der Waals surface area (Å²) < 4.78 is 1.12. The SMILES string of the molecule is CC1CN2CCCCC2CN1C(=O)c1cccc(I)c1. The van der Waals surface area contributed by atoms with Gasteiger partial charge in [0.15, 0.2) is 0 Å². The number of amides is 1. The second kappa shape index (κ2) is 6.02. The molecular formula is C16H21IN2O. The molecule has 0 radical (unpaired) electrons. The van der Waals surface area contributed by atoms with Crippen LogP contribution in [-0.4, -0.2) is 47.4 Å². The fourth-order valence-electron chi connectivity index (χ4n) is 3.42. The van der Waals surface area contributed by atoms with Gasteiger partial charge in [0.25, 0.3) is 5.91 Å². The van der Waals surface area contributed by atoms with Crippen LogP contribution in [0.3, 0.4) is 0 Å². The molecule has 2 unspecified atom stereocenters. The Labute approximate surface area is 134 Å². The van der Waals surface area contributed by atoms with Gasteiger partial charge in [0, 0.05) is 34.3 Å². The molecule has 4 heteroatoms. The van der Waals surface area contributed by atoms with Gasteiger partial charge in [-0.3, -0.25) is 9.69 Å². The monoisotopic (exact) mass is 384 g/mol. The number of rotatable bonds is 1. The molecule has 0 aromatic heterocycles. The maximum Gasteiger partial charge on any atom is 0.254 e. The summed E-state index contributed by atoms with van der Waals surface area (Å²) in [6, 6.07) is 8.81. The third-order valence-electron chi connectivity index (χ3n) is 4.52. The van der Waals surface area contributed by atoms with Gasteiger partial charge in [-0.05, 0) is 67.1 Å². The van der Waals surface area contributed by atoms with Crippen molar-refractivity contribution in [3.8, 4) is 0 Å². The van der Waals surface area contributed by atoms with Gasteiger partial charge in [-0.15, -0.1) is 0 Å². The summed E-state index contributed by atoms with van der Waals surface area (Å²) in [4.78, 5) is 17.4. The Morgan fingerprint density at radius 2 is 2.15 bits per heavy atom. The lowest BCUT2D eigenvalue weighted by Crippen LogP contribution is -2.60. The van der Waals surface area contributed by atoms with Crippen LogP contribution < -0.4 is 0 Å². The first-order valence-corrected chi connectivity index (χ1v) is 8.53. The fourth-order valence-corrected chi connectivity index (χ4v) is 3.97. The summed E-state index contributed by atoms with van der Waals surface area (Å²) in [5, 5.41) is 0. The Morgan fingerprint density at radius 3 is 2.95 bits per heavy atom. The smallest absolute Gasteiger partial charge is 0.254 e. The third-order valence-corrected chi connectivity index (χ3v) is 5.19. The van der Waals surface area contributed by atoms with Crippen molar-refractivity contribution in [2.24, 2.45) is 0 Å². The Kier molecular flexibility index (Phi) is 4.31. The summed E-state index contributed by atoms with van der Waals surface area (Å²) in [6.45, 7) is 5.31. The third kappa shape index (κ3) is 2.86. The predicted molar refractivity (Wildman–Crippen MR) is 88.9 cm³/mol. The van der Waals surface area contributed by atoms with Crippen molar-refractivity contribution in [2.45, 2.75) is 38.3 Å². The van der Waals surface area contributed by atoms with Gasteiger partial charge in [0.05, 0.1) is 0 Å². The zero-order valence-corrected chi connectivity index (χ0v) is 14.0. The molecule has 0 N–H and O–H groups in total. The zero-order valence-electron chi connectivity index (χ0n) is 11.9. The normalized spacial score (nSPS) is 27.2. The van der Waals surface area contributed by atoms with E-state index in [-0.39, 0.29) is 5.91 Å². The topological polar surface area (TPSA) is 23.6 Å². The van der Waals surface area contributed by atoms with Crippen molar-refractivity contribution < 1.29 is 4.79 Å². The average Bonchev–Trinajstić information content (AvgIpc) is 2.46. The first-order valence-electron chi connectivity index (χ1n) is 7.46. The number of benzene rings is 1. The van der Waals surface area contributed by atoms with Crippen molar-refractivity contribution in [1.29, 1.82) is 0 Å². The highest BCUT2D eigenvalue weighted by molar-refractivity contribution is 14.1. The summed E-state index contributed by atoms with van der Waals surface area (Å²) in [7, 11) is 0. The Morgan fingerprint density at radius 1 is 1.30 bits per heavy atom. The first-order chi connectivity index (χ1) is 9.65. The second-order valence-corrected chi connectivity index (χ2v) is 7.21. The molecule has 2 aliphatic rings. The predicted octanol–water partition coefficient (Wildman–Crippen LogP) is 2.99. The van der Waals surface area contributed by atoms with Gasteiger partial charge < -0.3 is 4.90 Å². The van der Waals surface area contributed by atoms with Crippen LogP contribution in [-0.2, 0) is 0 Å². The molecule has 2 saturated heterocycles. The second-order valence-electron chi connectivity index (χ2n) is 5.96. The number of carbonyl (C=O) groups excluding carboxylic acids is 1. The molecule has 20 heavy (non-hydrogen) atoms. The van der Waals surface area contributed by atoms with E-state index in [0.29, 0.717) is 12.1 Å². The standard InChI is InChI=1S/C16H21IN2O/c1-12-10-18-8-3-2-7-15(18)11-19(12)16(20)13-5-4-6-14(17)9-13/h4-6,9,12,15H,2-3,7-8,10-11H2,1H3. The van der Waals surface area contributed by atoms with Gasteiger partial charge in [-0.2, -0.15) is 0 Å². The van der Waals surface area contributed by atoms with Crippen molar-refractivity contribution in [3.05, 3.63) is 33.4 Å². The summed E-state index contributed by atoms with van der Waals surface area (Å²) in [5.41, 5.74) is 0.827. The van der Waals surface area contributed by atoms with Crippen molar-refractivity contribution in [3.63, 3.8) is 0 Å². The van der Waals surface area contributed by atoms with Crippen LogP contribution in [0.15, 0.2) is 24.3 Å². The van der Waals surface area contributed by atoms with E-state index in [2.05, 4.69) is 39.3 Å². The number of piperazine rings is 1. The Bertz CT molecular complexity index is 505. The van der Waals surface area contributed by atoms with Gasteiger partial charge in [0.2, 0.25) is 0 Å². The van der Waals surface area contributed by atoms with Gasteiger partial charge in [-0.1, -0.05) is 12.5 Å². The lowest BCUT2D eigenvalue weighted by Gasteiger charge is -2.47. The Hall–Kier alpha value is -0.620. The highest BCUT2D eigenvalue weighted by Crippen LogP contribution is 2.25. The molecule has 2 heterocycles. The molecule has 3 nitrogen and oxygen atoms in total. The summed E-state index contributed by atoms with van der Waals surface area (Å²) in [6.07, 6.45) is 3.86. The van der Waals surface area contributed by atoms with E-state index in [1.54, 1.807) is 0 Å². The lowest BCUT2D eigenvalue weighted by molar-refractivity contribution is 0.0151. The van der Waals surface area contributed by atoms with Crippen LogP contribution in [0, 0.1) is 3.57 Å². The van der Waals surface area contributed by atoms with Crippen LogP contribution in [0.2, 0.25) is 0 Å². The molecular weight excluding hydrogens is 363 g/mol.